The van der Waals surface area contributed by atoms with E-state index >= 15 is 0 Å². The molecule has 2 aliphatic heterocycles. The van der Waals surface area contributed by atoms with E-state index in [1.54, 1.807) is 0 Å². The molecule has 0 spiro atoms. The van der Waals surface area contributed by atoms with E-state index in [0.717, 1.165) is 66.5 Å². The summed E-state index contributed by atoms with van der Waals surface area (Å²) in [5.41, 5.74) is 4.61. The topological polar surface area (TPSA) is 31.7 Å². The molecule has 0 N–H and O–H groups in total. The molecule has 1 fully saturated rings. The number of aromatic nitrogens is 1. The van der Waals surface area contributed by atoms with Crippen molar-refractivity contribution in [1.29, 1.82) is 0 Å². The molecule has 4 rings (SSSR count). The van der Waals surface area contributed by atoms with Gasteiger partial charge in [-0.3, -0.25) is 4.99 Å². The number of fused-ring (bicyclic) bond motifs is 3. The van der Waals surface area contributed by atoms with E-state index in [2.05, 4.69) is 36.8 Å². The molecule has 3 heterocycles. The van der Waals surface area contributed by atoms with Crippen LogP contribution < -0.4 is 4.90 Å². The lowest BCUT2D eigenvalue weighted by Gasteiger charge is -2.34. The standard InChI is InChI=1S/C20H25ClN4/c1-13-4-6-16-17-12-15(21)5-7-18(17)23-20(19(16)22-14(13)2)25-10-8-24(3)9-11-25/h5,7,12-13H,4,6,8-11H2,1-3H3. The fourth-order valence-electron chi connectivity index (χ4n) is 3.74. The highest BCUT2D eigenvalue weighted by Crippen LogP contribution is 2.40. The number of aliphatic imine (C=N–C) groups is 1. The molecule has 0 bridgehead atoms. The van der Waals surface area contributed by atoms with Gasteiger partial charge in [-0.25, -0.2) is 4.98 Å². The van der Waals surface area contributed by atoms with Gasteiger partial charge in [0, 0.05) is 42.3 Å². The summed E-state index contributed by atoms with van der Waals surface area (Å²) in [6, 6.07) is 6.03. The first-order valence-electron chi connectivity index (χ1n) is 9.14. The molecule has 0 saturated carbocycles. The summed E-state index contributed by atoms with van der Waals surface area (Å²) in [5, 5.41) is 1.92. The van der Waals surface area contributed by atoms with Gasteiger partial charge in [0.25, 0.3) is 0 Å². The minimum absolute atomic E-state index is 0.502. The maximum Gasteiger partial charge on any atom is 0.155 e. The predicted octanol–water partition coefficient (Wildman–Crippen LogP) is 4.31. The van der Waals surface area contributed by atoms with Crippen LogP contribution in [0.1, 0.15) is 25.8 Å². The number of hydrogen-bond acceptors (Lipinski definition) is 4. The van der Waals surface area contributed by atoms with E-state index in [4.69, 9.17) is 21.6 Å². The Hall–Kier alpha value is -1.65. The number of halogens is 1. The fraction of sp³-hybridized carbons (Fsp3) is 0.500. The van der Waals surface area contributed by atoms with E-state index < -0.39 is 0 Å². The fourth-order valence-corrected chi connectivity index (χ4v) is 3.91. The lowest BCUT2D eigenvalue weighted by molar-refractivity contribution is 0.312. The quantitative estimate of drug-likeness (QED) is 0.762. The smallest absolute Gasteiger partial charge is 0.155 e. The lowest BCUT2D eigenvalue weighted by Crippen LogP contribution is -2.44. The van der Waals surface area contributed by atoms with Crippen molar-refractivity contribution in [1.82, 2.24) is 9.88 Å². The molecule has 2 aromatic rings. The van der Waals surface area contributed by atoms with E-state index in [-0.39, 0.29) is 0 Å². The van der Waals surface area contributed by atoms with Gasteiger partial charge in [0.1, 0.15) is 5.69 Å². The van der Waals surface area contributed by atoms with Crippen LogP contribution in [0, 0.1) is 5.92 Å². The number of aryl methyl sites for hydroxylation is 1. The maximum atomic E-state index is 6.28. The average Bonchev–Trinajstić information content (AvgIpc) is 2.75. The van der Waals surface area contributed by atoms with Gasteiger partial charge in [-0.1, -0.05) is 18.5 Å². The molecule has 5 heteroatoms. The Morgan fingerprint density at radius 2 is 1.92 bits per heavy atom. The largest absolute Gasteiger partial charge is 0.352 e. The highest BCUT2D eigenvalue weighted by atomic mass is 35.5. The monoisotopic (exact) mass is 356 g/mol. The summed E-state index contributed by atoms with van der Waals surface area (Å²) in [4.78, 5) is 14.8. The van der Waals surface area contributed by atoms with E-state index in [1.807, 2.05) is 12.1 Å². The Bertz CT molecular complexity index is 837. The average molecular weight is 357 g/mol. The number of pyridine rings is 1. The summed E-state index contributed by atoms with van der Waals surface area (Å²) < 4.78 is 0. The minimum atomic E-state index is 0.502. The summed E-state index contributed by atoms with van der Waals surface area (Å²) in [5.74, 6) is 1.55. The number of hydrogen-bond donors (Lipinski definition) is 0. The highest BCUT2D eigenvalue weighted by molar-refractivity contribution is 6.31. The molecule has 0 aliphatic carbocycles. The zero-order chi connectivity index (χ0) is 17.6. The first-order valence-corrected chi connectivity index (χ1v) is 9.51. The zero-order valence-corrected chi connectivity index (χ0v) is 16.0. The molecule has 25 heavy (non-hydrogen) atoms. The van der Waals surface area contributed by atoms with Crippen LogP contribution in [0.3, 0.4) is 0 Å². The Balaban J connectivity index is 1.92. The summed E-state index contributed by atoms with van der Waals surface area (Å²) >= 11 is 6.28. The second-order valence-corrected chi connectivity index (χ2v) is 7.84. The van der Waals surface area contributed by atoms with Crippen LogP contribution >= 0.6 is 11.6 Å². The molecule has 1 saturated heterocycles. The highest BCUT2D eigenvalue weighted by Gasteiger charge is 2.25. The van der Waals surface area contributed by atoms with Crippen molar-refractivity contribution in [2.45, 2.75) is 26.7 Å². The first kappa shape index (κ1) is 16.8. The van der Waals surface area contributed by atoms with E-state index in [9.17, 15) is 0 Å². The molecule has 0 radical (unpaired) electrons. The number of rotatable bonds is 1. The maximum absolute atomic E-state index is 6.28. The number of likely N-dealkylation sites (N-methyl/N-ethyl adjacent to an activating group) is 1. The molecule has 1 unspecified atom stereocenters. The first-order chi connectivity index (χ1) is 12.0. The van der Waals surface area contributed by atoms with E-state index in [1.165, 1.54) is 11.3 Å². The minimum Gasteiger partial charge on any atom is -0.352 e. The van der Waals surface area contributed by atoms with Crippen molar-refractivity contribution >= 4 is 39.7 Å². The van der Waals surface area contributed by atoms with Crippen LogP contribution in [0.2, 0.25) is 5.02 Å². The molecule has 132 valence electrons. The number of anilines is 1. The van der Waals surface area contributed by atoms with Crippen LogP contribution in [0.5, 0.6) is 0 Å². The van der Waals surface area contributed by atoms with Gasteiger partial charge in [0.2, 0.25) is 0 Å². The van der Waals surface area contributed by atoms with Crippen molar-refractivity contribution in [3.05, 3.63) is 28.8 Å². The normalized spacial score (nSPS) is 21.8. The van der Waals surface area contributed by atoms with Crippen molar-refractivity contribution in [2.24, 2.45) is 10.9 Å². The third-order valence-corrected chi connectivity index (χ3v) is 5.87. The lowest BCUT2D eigenvalue weighted by atomic mass is 9.97. The molecule has 1 aromatic heterocycles. The van der Waals surface area contributed by atoms with Crippen molar-refractivity contribution in [2.75, 3.05) is 38.1 Å². The Labute approximate surface area is 154 Å². The summed E-state index contributed by atoms with van der Waals surface area (Å²) in [7, 11) is 2.18. The second kappa shape index (κ2) is 6.58. The molecule has 0 amide bonds. The Morgan fingerprint density at radius 3 is 2.68 bits per heavy atom. The van der Waals surface area contributed by atoms with E-state index in [0.29, 0.717) is 5.92 Å². The van der Waals surface area contributed by atoms with Gasteiger partial charge in [0.05, 0.1) is 5.52 Å². The molecule has 2 aliphatic rings. The predicted molar refractivity (Wildman–Crippen MR) is 107 cm³/mol. The molecule has 1 atom stereocenters. The number of benzene rings is 1. The third kappa shape index (κ3) is 3.13. The number of piperazine rings is 1. The van der Waals surface area contributed by atoms with Gasteiger partial charge < -0.3 is 9.80 Å². The molecule has 1 aromatic carbocycles. The van der Waals surface area contributed by atoms with Crippen molar-refractivity contribution < 1.29 is 0 Å². The van der Waals surface area contributed by atoms with Crippen LogP contribution in [0.25, 0.3) is 10.9 Å². The summed E-state index contributed by atoms with van der Waals surface area (Å²) in [6.45, 7) is 8.54. The van der Waals surface area contributed by atoms with Crippen LogP contribution in [0.4, 0.5) is 11.5 Å². The second-order valence-electron chi connectivity index (χ2n) is 7.41. The number of nitrogens with zero attached hydrogens (tertiary/aromatic N) is 4. The van der Waals surface area contributed by atoms with Crippen molar-refractivity contribution in [3.8, 4) is 0 Å². The van der Waals surface area contributed by atoms with Crippen LogP contribution in [0.15, 0.2) is 23.2 Å². The summed E-state index contributed by atoms with van der Waals surface area (Å²) in [6.07, 6.45) is 2.15. The Kier molecular flexibility index (Phi) is 4.42. The molecular weight excluding hydrogens is 332 g/mol. The van der Waals surface area contributed by atoms with Crippen LogP contribution in [-0.4, -0.2) is 48.8 Å². The SMILES string of the molecule is CC1=Nc2c(N3CCN(C)CC3)nc3ccc(Cl)cc3c2CCC1C. The van der Waals surface area contributed by atoms with Gasteiger partial charge in [-0.05, 0) is 56.5 Å². The van der Waals surface area contributed by atoms with Crippen LogP contribution in [-0.2, 0) is 6.42 Å². The zero-order valence-electron chi connectivity index (χ0n) is 15.2. The van der Waals surface area contributed by atoms with Gasteiger partial charge in [-0.2, -0.15) is 0 Å². The third-order valence-electron chi connectivity index (χ3n) is 5.64. The molecule has 4 nitrogen and oxygen atoms in total. The van der Waals surface area contributed by atoms with Gasteiger partial charge in [0.15, 0.2) is 5.82 Å². The van der Waals surface area contributed by atoms with Gasteiger partial charge in [-0.15, -0.1) is 0 Å². The van der Waals surface area contributed by atoms with Gasteiger partial charge >= 0.3 is 0 Å². The Morgan fingerprint density at radius 1 is 1.16 bits per heavy atom. The van der Waals surface area contributed by atoms with Crippen molar-refractivity contribution in [3.63, 3.8) is 0 Å². The molecular formula is C20H25ClN4.